The van der Waals surface area contributed by atoms with Gasteiger partial charge in [0.15, 0.2) is 4.80 Å². The molecule has 36 heavy (non-hydrogen) atoms. The number of nitro groups is 1. The van der Waals surface area contributed by atoms with Crippen LogP contribution in [0.2, 0.25) is 0 Å². The van der Waals surface area contributed by atoms with E-state index in [-0.39, 0.29) is 17.9 Å². The number of hydrogen-bond acceptors (Lipinski definition) is 9. The second-order valence-corrected chi connectivity index (χ2v) is 8.83. The average Bonchev–Trinajstić information content (AvgIpc) is 3.13. The molecule has 1 atom stereocenters. The predicted octanol–water partition coefficient (Wildman–Crippen LogP) is 2.63. The second kappa shape index (κ2) is 10.1. The number of ether oxygens (including phenoxy) is 2. The van der Waals surface area contributed by atoms with Gasteiger partial charge in [-0.05, 0) is 43.2 Å². The van der Waals surface area contributed by atoms with E-state index < -0.39 is 28.5 Å². The van der Waals surface area contributed by atoms with Gasteiger partial charge in [0.1, 0.15) is 5.75 Å². The van der Waals surface area contributed by atoms with Gasteiger partial charge in [-0.1, -0.05) is 35.6 Å². The van der Waals surface area contributed by atoms with Crippen LogP contribution < -0.4 is 19.6 Å². The van der Waals surface area contributed by atoms with Gasteiger partial charge in [0, 0.05) is 19.1 Å². The third-order valence-corrected chi connectivity index (χ3v) is 6.34. The van der Waals surface area contributed by atoms with Crippen LogP contribution in [0.15, 0.2) is 69.6 Å². The molecule has 1 aromatic heterocycles. The Morgan fingerprint density at radius 3 is 2.58 bits per heavy atom. The van der Waals surface area contributed by atoms with Crippen LogP contribution >= 0.6 is 11.3 Å². The van der Waals surface area contributed by atoms with Crippen molar-refractivity contribution in [3.05, 3.63) is 101 Å². The lowest BCUT2D eigenvalue weighted by molar-refractivity contribution is -0.384. The summed E-state index contributed by atoms with van der Waals surface area (Å²) in [5.41, 5.74) is 1.00. The molecule has 0 bridgehead atoms. The summed E-state index contributed by atoms with van der Waals surface area (Å²) in [7, 11) is 0. The van der Waals surface area contributed by atoms with Crippen LogP contribution in [-0.2, 0) is 14.3 Å². The molecule has 2 aromatic carbocycles. The summed E-state index contributed by atoms with van der Waals surface area (Å²) in [5, 5.41) is 11.4. The maximum Gasteiger partial charge on any atom is 0.338 e. The van der Waals surface area contributed by atoms with Crippen LogP contribution in [0, 0.1) is 10.1 Å². The lowest BCUT2D eigenvalue weighted by Crippen LogP contribution is -2.39. The molecule has 0 saturated heterocycles. The number of fused-ring (bicyclic) bond motifs is 1. The van der Waals surface area contributed by atoms with Gasteiger partial charge in [-0.25, -0.2) is 9.79 Å². The van der Waals surface area contributed by atoms with Crippen LogP contribution in [0.3, 0.4) is 0 Å². The second-order valence-electron chi connectivity index (χ2n) is 7.82. The van der Waals surface area contributed by atoms with Gasteiger partial charge in [-0.15, -0.1) is 0 Å². The summed E-state index contributed by atoms with van der Waals surface area (Å²) in [6, 6.07) is 11.5. The van der Waals surface area contributed by atoms with Gasteiger partial charge in [0.05, 0.1) is 33.4 Å². The Kier molecular flexibility index (Phi) is 6.93. The summed E-state index contributed by atoms with van der Waals surface area (Å²) in [5.74, 6) is -0.711. The fourth-order valence-corrected chi connectivity index (χ4v) is 4.91. The van der Waals surface area contributed by atoms with Crippen molar-refractivity contribution in [2.45, 2.75) is 26.8 Å². The molecule has 10 nitrogen and oxygen atoms in total. The first-order valence-electron chi connectivity index (χ1n) is 10.9. The Balaban J connectivity index is 1.89. The van der Waals surface area contributed by atoms with E-state index in [9.17, 15) is 24.5 Å². The van der Waals surface area contributed by atoms with Crippen LogP contribution in [0.4, 0.5) is 5.69 Å². The molecule has 2 heterocycles. The van der Waals surface area contributed by atoms with E-state index >= 15 is 0 Å². The molecular formula is C25H21N3O7S. The SMILES string of the molecule is CCOC(=O)C1=C(C)N=c2s/c(=C/c3ccc(OC(C)=O)cc3)c(=O)n2C1c1cccc([N+](=O)[O-])c1. The fraction of sp³-hybridized carbons (Fsp3) is 0.200. The molecule has 1 aliphatic heterocycles. The maximum absolute atomic E-state index is 13.6. The van der Waals surface area contributed by atoms with E-state index in [1.165, 1.54) is 29.7 Å². The average molecular weight is 508 g/mol. The van der Waals surface area contributed by atoms with Crippen molar-refractivity contribution in [2.24, 2.45) is 4.99 Å². The number of carbonyl (C=O) groups is 2. The molecule has 4 rings (SSSR count). The zero-order chi connectivity index (χ0) is 26.0. The van der Waals surface area contributed by atoms with Gasteiger partial charge in [0.25, 0.3) is 11.2 Å². The molecule has 184 valence electrons. The van der Waals surface area contributed by atoms with Crippen molar-refractivity contribution >= 4 is 35.0 Å². The third kappa shape index (κ3) is 4.86. The molecule has 0 fully saturated rings. The normalized spacial score (nSPS) is 15.2. The van der Waals surface area contributed by atoms with Crippen LogP contribution in [0.1, 0.15) is 37.9 Å². The molecule has 1 unspecified atom stereocenters. The highest BCUT2D eigenvalue weighted by atomic mass is 32.1. The predicted molar refractivity (Wildman–Crippen MR) is 131 cm³/mol. The smallest absolute Gasteiger partial charge is 0.338 e. The van der Waals surface area contributed by atoms with Crippen molar-refractivity contribution in [3.8, 4) is 5.75 Å². The zero-order valence-corrected chi connectivity index (χ0v) is 20.4. The van der Waals surface area contributed by atoms with Gasteiger partial charge in [-0.3, -0.25) is 24.3 Å². The first-order chi connectivity index (χ1) is 17.2. The van der Waals surface area contributed by atoms with Crippen LogP contribution in [-0.4, -0.2) is 28.0 Å². The molecule has 0 aliphatic carbocycles. The molecule has 0 spiro atoms. The Morgan fingerprint density at radius 2 is 1.94 bits per heavy atom. The molecule has 0 amide bonds. The van der Waals surface area contributed by atoms with Gasteiger partial charge in [-0.2, -0.15) is 0 Å². The van der Waals surface area contributed by atoms with E-state index in [0.29, 0.717) is 31.9 Å². The quantitative estimate of drug-likeness (QED) is 0.217. The first kappa shape index (κ1) is 24.7. The summed E-state index contributed by atoms with van der Waals surface area (Å²) in [6.07, 6.45) is 1.66. The number of benzene rings is 2. The molecule has 1 aliphatic rings. The lowest BCUT2D eigenvalue weighted by Gasteiger charge is -2.24. The number of nitrogens with zero attached hydrogens (tertiary/aromatic N) is 3. The van der Waals surface area contributed by atoms with Crippen molar-refractivity contribution in [3.63, 3.8) is 0 Å². The number of non-ortho nitro benzene ring substituents is 1. The first-order valence-corrected chi connectivity index (χ1v) is 11.7. The molecule has 3 aromatic rings. The highest BCUT2D eigenvalue weighted by Gasteiger charge is 2.34. The highest BCUT2D eigenvalue weighted by Crippen LogP contribution is 2.32. The third-order valence-electron chi connectivity index (χ3n) is 5.35. The van der Waals surface area contributed by atoms with Crippen molar-refractivity contribution in [1.29, 1.82) is 0 Å². The summed E-state index contributed by atoms with van der Waals surface area (Å²) < 4.78 is 12.0. The molecular weight excluding hydrogens is 486 g/mol. The Bertz CT molecular complexity index is 1580. The number of nitro benzene ring substituents is 1. The molecule has 11 heteroatoms. The molecule has 0 saturated carbocycles. The van der Waals surface area contributed by atoms with Gasteiger partial charge in [0.2, 0.25) is 0 Å². The molecule has 0 N–H and O–H groups in total. The topological polar surface area (TPSA) is 130 Å². The fourth-order valence-electron chi connectivity index (χ4n) is 3.86. The number of aromatic nitrogens is 1. The highest BCUT2D eigenvalue weighted by molar-refractivity contribution is 7.07. The summed E-state index contributed by atoms with van der Waals surface area (Å²) in [4.78, 5) is 53.3. The minimum atomic E-state index is -0.950. The van der Waals surface area contributed by atoms with Crippen molar-refractivity contribution in [1.82, 2.24) is 4.57 Å². The summed E-state index contributed by atoms with van der Waals surface area (Å²) >= 11 is 1.13. The number of rotatable bonds is 6. The number of hydrogen-bond donors (Lipinski definition) is 0. The lowest BCUT2D eigenvalue weighted by atomic mass is 9.95. The summed E-state index contributed by atoms with van der Waals surface area (Å²) in [6.45, 7) is 4.73. The van der Waals surface area contributed by atoms with Crippen LogP contribution in [0.25, 0.3) is 6.08 Å². The Labute approximate surface area is 208 Å². The zero-order valence-electron chi connectivity index (χ0n) is 19.6. The van der Waals surface area contributed by atoms with Crippen LogP contribution in [0.5, 0.6) is 5.75 Å². The van der Waals surface area contributed by atoms with Gasteiger partial charge < -0.3 is 9.47 Å². The number of allylic oxidation sites excluding steroid dienone is 1. The number of carbonyl (C=O) groups excluding carboxylic acids is 2. The van der Waals surface area contributed by atoms with E-state index in [4.69, 9.17) is 9.47 Å². The minimum Gasteiger partial charge on any atom is -0.463 e. The van der Waals surface area contributed by atoms with E-state index in [0.717, 1.165) is 11.3 Å². The molecule has 0 radical (unpaired) electrons. The van der Waals surface area contributed by atoms with Crippen molar-refractivity contribution < 1.29 is 24.0 Å². The Morgan fingerprint density at radius 1 is 1.22 bits per heavy atom. The Hall–Kier alpha value is -4.38. The van der Waals surface area contributed by atoms with E-state index in [1.54, 1.807) is 50.3 Å². The van der Waals surface area contributed by atoms with E-state index in [2.05, 4.69) is 4.99 Å². The van der Waals surface area contributed by atoms with E-state index in [1.807, 2.05) is 0 Å². The monoisotopic (exact) mass is 507 g/mol. The maximum atomic E-state index is 13.6. The van der Waals surface area contributed by atoms with Crippen molar-refractivity contribution in [2.75, 3.05) is 6.61 Å². The van der Waals surface area contributed by atoms with Gasteiger partial charge >= 0.3 is 11.9 Å². The largest absolute Gasteiger partial charge is 0.463 e. The number of esters is 2. The number of thiazole rings is 1. The minimum absolute atomic E-state index is 0.116. The standard InChI is InChI=1S/C25H21N3O7S/c1-4-34-24(31)21-14(2)26-25-27(22(21)17-6-5-7-18(13-17)28(32)33)23(30)20(36-25)12-16-8-10-19(11-9-16)35-15(3)29/h5-13,22H,4H2,1-3H3/b20-12+.